The van der Waals surface area contributed by atoms with Gasteiger partial charge in [-0.2, -0.15) is 0 Å². The van der Waals surface area contributed by atoms with E-state index < -0.39 is 16.8 Å². The summed E-state index contributed by atoms with van der Waals surface area (Å²) in [5, 5.41) is 12.6. The summed E-state index contributed by atoms with van der Waals surface area (Å²) in [5.41, 5.74) is 0.876. The van der Waals surface area contributed by atoms with Crippen molar-refractivity contribution in [3.63, 3.8) is 0 Å². The lowest BCUT2D eigenvalue weighted by Gasteiger charge is -2.53. The number of benzene rings is 2. The topological polar surface area (TPSA) is 86.7 Å². The first kappa shape index (κ1) is 22.7. The minimum absolute atomic E-state index is 0.0943. The number of halogens is 2. The summed E-state index contributed by atoms with van der Waals surface area (Å²) in [6, 6.07) is 14.3. The van der Waals surface area contributed by atoms with Gasteiger partial charge in [0.15, 0.2) is 0 Å². The van der Waals surface area contributed by atoms with Crippen molar-refractivity contribution in [2.24, 2.45) is 0 Å². The van der Waals surface area contributed by atoms with Gasteiger partial charge in [0.05, 0.1) is 6.42 Å². The lowest BCUT2D eigenvalue weighted by atomic mass is 10.0. The summed E-state index contributed by atoms with van der Waals surface area (Å²) < 4.78 is 0.519. The van der Waals surface area contributed by atoms with Crippen LogP contribution in [0.25, 0.3) is 0 Å². The molecule has 2 amide bonds. The first-order chi connectivity index (χ1) is 14.8. The highest BCUT2D eigenvalue weighted by atomic mass is 79.9. The molecule has 2 N–H and O–H groups in total. The van der Waals surface area contributed by atoms with E-state index >= 15 is 0 Å². The van der Waals surface area contributed by atoms with Gasteiger partial charge in [-0.05, 0) is 39.7 Å². The molecule has 6 nitrogen and oxygen atoms in total. The third-order valence-electron chi connectivity index (χ3n) is 5.17. The number of rotatable bonds is 6. The van der Waals surface area contributed by atoms with E-state index in [0.717, 1.165) is 19.4 Å². The molecule has 2 aromatic rings. The van der Waals surface area contributed by atoms with Crippen molar-refractivity contribution < 1.29 is 19.5 Å². The Balaban J connectivity index is 1.43. The van der Waals surface area contributed by atoms with Gasteiger partial charge in [0.2, 0.25) is 11.8 Å². The van der Waals surface area contributed by atoms with E-state index in [4.69, 9.17) is 0 Å². The molecule has 162 valence electrons. The fourth-order valence-electron chi connectivity index (χ4n) is 3.56. The number of amides is 2. The maximum absolute atomic E-state index is 12.7. The van der Waals surface area contributed by atoms with Crippen LogP contribution in [0.5, 0.6) is 0 Å². The molecule has 0 spiro atoms. The number of nitrogens with zero attached hydrogens (tertiary/aromatic N) is 1. The Labute approximate surface area is 204 Å². The highest BCUT2D eigenvalue weighted by molar-refractivity contribution is 9.11. The zero-order valence-corrected chi connectivity index (χ0v) is 20.9. The third-order valence-corrected chi connectivity index (χ3v) is 9.70. The number of thioether (sulfide) groups is 2. The molecule has 2 aliphatic heterocycles. The van der Waals surface area contributed by atoms with Crippen molar-refractivity contribution >= 4 is 73.2 Å². The summed E-state index contributed by atoms with van der Waals surface area (Å²) in [6.07, 6.45) is 0.203. The van der Waals surface area contributed by atoms with Gasteiger partial charge in [-0.15, -0.1) is 23.5 Å². The third kappa shape index (κ3) is 4.67. The Bertz CT molecular complexity index is 1040. The van der Waals surface area contributed by atoms with Crippen molar-refractivity contribution in [2.75, 3.05) is 12.3 Å². The molecule has 2 saturated heterocycles. The van der Waals surface area contributed by atoms with Crippen LogP contribution in [-0.2, 0) is 20.8 Å². The number of hydrogen-bond acceptors (Lipinski definition) is 5. The van der Waals surface area contributed by atoms with Gasteiger partial charge in [0.25, 0.3) is 0 Å². The Morgan fingerprint density at radius 2 is 1.97 bits per heavy atom. The average Bonchev–Trinajstić information content (AvgIpc) is 2.74. The van der Waals surface area contributed by atoms with Gasteiger partial charge >= 0.3 is 5.97 Å². The van der Waals surface area contributed by atoms with E-state index in [-0.39, 0.29) is 30.2 Å². The van der Waals surface area contributed by atoms with Crippen LogP contribution in [0.1, 0.15) is 5.56 Å². The van der Waals surface area contributed by atoms with Crippen molar-refractivity contribution in [2.45, 2.75) is 27.5 Å². The first-order valence-corrected chi connectivity index (χ1v) is 12.9. The largest absolute Gasteiger partial charge is 0.480 e. The highest BCUT2D eigenvalue weighted by Crippen LogP contribution is 2.47. The molecule has 0 radical (unpaired) electrons. The smallest absolute Gasteiger partial charge is 0.322 e. The molecule has 2 heterocycles. The fraction of sp³-hybridized carbons (Fsp3) is 0.286. The molecule has 31 heavy (non-hydrogen) atoms. The van der Waals surface area contributed by atoms with E-state index in [1.165, 1.54) is 23.5 Å². The molecule has 2 fully saturated rings. The molecule has 0 aliphatic carbocycles. The van der Waals surface area contributed by atoms with E-state index in [0.29, 0.717) is 5.75 Å². The van der Waals surface area contributed by atoms with Crippen LogP contribution in [0.15, 0.2) is 62.4 Å². The van der Waals surface area contributed by atoms with Crippen LogP contribution in [0.2, 0.25) is 0 Å². The average molecular weight is 586 g/mol. The molecular weight excluding hydrogens is 568 g/mol. The summed E-state index contributed by atoms with van der Waals surface area (Å²) >= 11 is 9.53. The Kier molecular flexibility index (Phi) is 6.71. The summed E-state index contributed by atoms with van der Waals surface area (Å²) in [6.45, 7) is 0.0943. The van der Waals surface area contributed by atoms with Crippen LogP contribution < -0.4 is 5.32 Å². The second-order valence-electron chi connectivity index (χ2n) is 7.35. The quantitative estimate of drug-likeness (QED) is 0.502. The maximum atomic E-state index is 12.7. The standard InChI is InChI=1S/C21H18Br2N2O4S2/c22-13-6-7-15(14(23)9-13)31-21(20(28)29)10-25-18(27)17(19(25)30-11-21)24-16(26)8-12-4-2-1-3-5-12/h1-7,9,17,19H,8,10-11H2,(H,24,26)(H,28,29)/t17-,19-,21?/m1/s1. The molecule has 2 aromatic carbocycles. The van der Waals surface area contributed by atoms with Gasteiger partial charge in [0.1, 0.15) is 16.2 Å². The van der Waals surface area contributed by atoms with Crippen molar-refractivity contribution in [3.05, 3.63) is 63.0 Å². The van der Waals surface area contributed by atoms with Crippen LogP contribution in [-0.4, -0.2) is 56.3 Å². The molecule has 1 unspecified atom stereocenters. The molecule has 10 heteroatoms. The van der Waals surface area contributed by atoms with E-state index in [2.05, 4.69) is 37.2 Å². The monoisotopic (exact) mass is 584 g/mol. The van der Waals surface area contributed by atoms with Crippen molar-refractivity contribution in [3.8, 4) is 0 Å². The van der Waals surface area contributed by atoms with Gasteiger partial charge in [-0.25, -0.2) is 0 Å². The number of β-lactam (4-membered cyclic amide) rings is 1. The molecular formula is C21H18Br2N2O4S2. The second kappa shape index (κ2) is 9.17. The summed E-state index contributed by atoms with van der Waals surface area (Å²) in [4.78, 5) is 39.7. The van der Waals surface area contributed by atoms with Gasteiger partial charge in [-0.1, -0.05) is 46.3 Å². The number of carbonyl (C=O) groups excluding carboxylic acids is 2. The Hall–Kier alpha value is -1.49. The molecule has 0 bridgehead atoms. The molecule has 4 rings (SSSR count). The maximum Gasteiger partial charge on any atom is 0.322 e. The lowest BCUT2D eigenvalue weighted by molar-refractivity contribution is -0.152. The number of carboxylic acid groups (broad SMARTS) is 1. The van der Waals surface area contributed by atoms with E-state index in [9.17, 15) is 19.5 Å². The van der Waals surface area contributed by atoms with Gasteiger partial charge < -0.3 is 15.3 Å². The zero-order chi connectivity index (χ0) is 22.2. The normalized spacial score (nSPS) is 24.8. The zero-order valence-electron chi connectivity index (χ0n) is 16.1. The predicted octanol–water partition coefficient (Wildman–Crippen LogP) is 3.77. The SMILES string of the molecule is O=C(Cc1ccccc1)N[C@@H]1C(=O)N2CC(Sc3ccc(Br)cc3Br)(C(=O)O)CS[C@H]12. The van der Waals surface area contributed by atoms with Crippen LogP contribution in [0, 0.1) is 0 Å². The lowest BCUT2D eigenvalue weighted by Crippen LogP contribution is -2.74. The molecule has 0 aromatic heterocycles. The Morgan fingerprint density at radius 3 is 2.65 bits per heavy atom. The van der Waals surface area contributed by atoms with Crippen molar-refractivity contribution in [1.29, 1.82) is 0 Å². The highest BCUT2D eigenvalue weighted by Gasteiger charge is 2.58. The van der Waals surface area contributed by atoms with E-state index in [1.807, 2.05) is 48.5 Å². The number of carbonyl (C=O) groups is 3. The van der Waals surface area contributed by atoms with Crippen molar-refractivity contribution in [1.82, 2.24) is 10.2 Å². The van der Waals surface area contributed by atoms with Gasteiger partial charge in [0, 0.05) is 26.1 Å². The van der Waals surface area contributed by atoms with Crippen LogP contribution in [0.4, 0.5) is 0 Å². The molecule has 0 saturated carbocycles. The fourth-order valence-corrected chi connectivity index (χ4v) is 7.68. The molecule has 3 atom stereocenters. The number of nitrogens with one attached hydrogen (secondary N) is 1. The summed E-state index contributed by atoms with van der Waals surface area (Å²) in [7, 11) is 0. The summed E-state index contributed by atoms with van der Waals surface area (Å²) in [5.74, 6) is -1.08. The van der Waals surface area contributed by atoms with E-state index in [1.54, 1.807) is 4.90 Å². The molecule has 2 aliphatic rings. The second-order valence-corrected chi connectivity index (χ2v) is 11.7. The Morgan fingerprint density at radius 1 is 1.23 bits per heavy atom. The van der Waals surface area contributed by atoms with Gasteiger partial charge in [-0.3, -0.25) is 14.4 Å². The number of hydrogen-bond donors (Lipinski definition) is 2. The minimum Gasteiger partial charge on any atom is -0.480 e. The number of carboxylic acids is 1. The minimum atomic E-state index is -1.16. The predicted molar refractivity (Wildman–Crippen MR) is 128 cm³/mol. The van der Waals surface area contributed by atoms with Crippen LogP contribution in [0.3, 0.4) is 0 Å². The number of fused-ring (bicyclic) bond motifs is 1. The number of aliphatic carboxylic acids is 1. The first-order valence-electron chi connectivity index (χ1n) is 9.42. The van der Waals surface area contributed by atoms with Crippen LogP contribution >= 0.6 is 55.4 Å².